The van der Waals surface area contributed by atoms with Crippen molar-refractivity contribution in [1.29, 1.82) is 0 Å². The molecule has 6 heteroatoms. The molecule has 2 amide bonds. The Balaban J connectivity index is 1.82. The smallest absolute Gasteiger partial charge is 0.315 e. The molecule has 2 rings (SSSR count). The Labute approximate surface area is 147 Å². The fourth-order valence-corrected chi connectivity index (χ4v) is 2.67. The van der Waals surface area contributed by atoms with Crippen LogP contribution in [0.25, 0.3) is 0 Å². The highest BCUT2D eigenvalue weighted by atomic mass is 35.5. The summed E-state index contributed by atoms with van der Waals surface area (Å²) in [4.78, 5) is 12.1. The number of urea groups is 1. The number of carbonyl (C=O) groups excluding carboxylic acids is 1. The van der Waals surface area contributed by atoms with E-state index in [0.717, 1.165) is 18.4 Å². The third kappa shape index (κ3) is 5.28. The average molecular weight is 350 g/mol. The predicted molar refractivity (Wildman–Crippen MR) is 96.1 cm³/mol. The molecule has 1 aromatic heterocycles. The fourth-order valence-electron chi connectivity index (χ4n) is 2.55. The van der Waals surface area contributed by atoms with E-state index in [1.165, 1.54) is 5.69 Å². The van der Waals surface area contributed by atoms with Crippen LogP contribution < -0.4 is 10.6 Å². The van der Waals surface area contributed by atoms with Gasteiger partial charge in [0.25, 0.3) is 0 Å². The van der Waals surface area contributed by atoms with E-state index in [1.807, 2.05) is 26.2 Å². The number of nitrogens with one attached hydrogen (secondary N) is 2. The van der Waals surface area contributed by atoms with Crippen molar-refractivity contribution in [3.63, 3.8) is 0 Å². The van der Waals surface area contributed by atoms with E-state index in [2.05, 4.69) is 21.3 Å². The van der Waals surface area contributed by atoms with Crippen molar-refractivity contribution in [2.75, 3.05) is 6.61 Å². The van der Waals surface area contributed by atoms with Gasteiger partial charge in [0.2, 0.25) is 0 Å². The highest BCUT2D eigenvalue weighted by Crippen LogP contribution is 2.16. The first-order valence-corrected chi connectivity index (χ1v) is 8.41. The molecule has 130 valence electrons. The van der Waals surface area contributed by atoms with Crippen molar-refractivity contribution < 1.29 is 9.90 Å². The molecule has 24 heavy (non-hydrogen) atoms. The molecular weight excluding hydrogens is 326 g/mol. The quantitative estimate of drug-likeness (QED) is 0.719. The van der Waals surface area contributed by atoms with Crippen LogP contribution in [0.1, 0.15) is 30.6 Å². The second-order valence-corrected chi connectivity index (χ2v) is 6.39. The SMILES string of the molecule is CC(CCc1cccn1C)NC(=O)NC(CO)c1ccc(Cl)cc1. The summed E-state index contributed by atoms with van der Waals surface area (Å²) >= 11 is 5.86. The molecule has 2 atom stereocenters. The normalized spacial score (nSPS) is 13.3. The van der Waals surface area contributed by atoms with Crippen LogP contribution in [0.3, 0.4) is 0 Å². The van der Waals surface area contributed by atoms with Crippen molar-refractivity contribution in [1.82, 2.24) is 15.2 Å². The van der Waals surface area contributed by atoms with Crippen LogP contribution in [-0.2, 0) is 13.5 Å². The van der Waals surface area contributed by atoms with Gasteiger partial charge in [0.05, 0.1) is 12.6 Å². The molecular formula is C18H24ClN3O2. The van der Waals surface area contributed by atoms with E-state index in [1.54, 1.807) is 24.3 Å². The van der Waals surface area contributed by atoms with Crippen molar-refractivity contribution in [3.8, 4) is 0 Å². The second-order valence-electron chi connectivity index (χ2n) is 5.95. The van der Waals surface area contributed by atoms with Gasteiger partial charge >= 0.3 is 6.03 Å². The highest BCUT2D eigenvalue weighted by Gasteiger charge is 2.15. The minimum absolute atomic E-state index is 0.0319. The molecule has 2 aromatic rings. The third-order valence-corrected chi connectivity index (χ3v) is 4.27. The zero-order valence-corrected chi connectivity index (χ0v) is 14.8. The summed E-state index contributed by atoms with van der Waals surface area (Å²) < 4.78 is 2.08. The van der Waals surface area contributed by atoms with Crippen LogP contribution in [0.15, 0.2) is 42.6 Å². The summed E-state index contributed by atoms with van der Waals surface area (Å²) in [7, 11) is 2.01. The van der Waals surface area contributed by atoms with Crippen LogP contribution in [0, 0.1) is 0 Å². The standard InChI is InChI=1S/C18H24ClN3O2/c1-13(5-10-16-4-3-11-22(16)2)20-18(24)21-17(12-23)14-6-8-15(19)9-7-14/h3-4,6-9,11,13,17,23H,5,10,12H2,1-2H3,(H2,20,21,24). The molecule has 3 N–H and O–H groups in total. The van der Waals surface area contributed by atoms with Crippen LogP contribution >= 0.6 is 11.6 Å². The Kier molecular flexibility index (Phi) is 6.70. The summed E-state index contributed by atoms with van der Waals surface area (Å²) in [5.74, 6) is 0. The number of halogens is 1. The first-order valence-electron chi connectivity index (χ1n) is 8.03. The van der Waals surface area contributed by atoms with Crippen LogP contribution in [0.5, 0.6) is 0 Å². The summed E-state index contributed by atoms with van der Waals surface area (Å²) in [5, 5.41) is 15.8. The number of nitrogens with zero attached hydrogens (tertiary/aromatic N) is 1. The van der Waals surface area contributed by atoms with Crippen molar-refractivity contribution in [2.45, 2.75) is 31.8 Å². The molecule has 0 aliphatic heterocycles. The average Bonchev–Trinajstić information content (AvgIpc) is 2.96. The number of hydrogen-bond donors (Lipinski definition) is 3. The van der Waals surface area contributed by atoms with Gasteiger partial charge in [-0.2, -0.15) is 0 Å². The zero-order valence-electron chi connectivity index (χ0n) is 14.0. The fraction of sp³-hybridized carbons (Fsp3) is 0.389. The summed E-state index contributed by atoms with van der Waals surface area (Å²) in [6.07, 6.45) is 3.75. The molecule has 5 nitrogen and oxygen atoms in total. The predicted octanol–water partition coefficient (Wildman–Crippen LogP) is 3.03. The minimum Gasteiger partial charge on any atom is -0.394 e. The Bertz CT molecular complexity index is 655. The lowest BCUT2D eigenvalue weighted by molar-refractivity contribution is 0.214. The Morgan fingerprint density at radius 3 is 2.54 bits per heavy atom. The molecule has 0 aliphatic carbocycles. The first-order chi connectivity index (χ1) is 11.5. The maximum absolute atomic E-state index is 12.1. The lowest BCUT2D eigenvalue weighted by atomic mass is 10.1. The van der Waals surface area contributed by atoms with Gasteiger partial charge < -0.3 is 20.3 Å². The van der Waals surface area contributed by atoms with Gasteiger partial charge in [0.15, 0.2) is 0 Å². The monoisotopic (exact) mass is 349 g/mol. The molecule has 0 saturated heterocycles. The molecule has 2 unspecified atom stereocenters. The van der Waals surface area contributed by atoms with E-state index in [4.69, 9.17) is 11.6 Å². The van der Waals surface area contributed by atoms with Gasteiger partial charge in [-0.15, -0.1) is 0 Å². The summed E-state index contributed by atoms with van der Waals surface area (Å²) in [6, 6.07) is 10.4. The second kappa shape index (κ2) is 8.76. The van der Waals surface area contributed by atoms with Gasteiger partial charge in [0.1, 0.15) is 0 Å². The van der Waals surface area contributed by atoms with E-state index in [0.29, 0.717) is 5.02 Å². The van der Waals surface area contributed by atoms with Crippen LogP contribution in [0.2, 0.25) is 5.02 Å². The molecule has 0 fully saturated rings. The van der Waals surface area contributed by atoms with E-state index < -0.39 is 6.04 Å². The van der Waals surface area contributed by atoms with Crippen LogP contribution in [-0.4, -0.2) is 28.4 Å². The number of rotatable bonds is 7. The molecule has 0 spiro atoms. The number of carbonyl (C=O) groups is 1. The highest BCUT2D eigenvalue weighted by molar-refractivity contribution is 6.30. The lowest BCUT2D eigenvalue weighted by Crippen LogP contribution is -2.43. The number of aromatic nitrogens is 1. The number of hydrogen-bond acceptors (Lipinski definition) is 2. The number of aliphatic hydroxyl groups excluding tert-OH is 1. The first kappa shape index (κ1) is 18.4. The topological polar surface area (TPSA) is 66.3 Å². The molecule has 0 radical (unpaired) electrons. The van der Waals surface area contributed by atoms with E-state index >= 15 is 0 Å². The Morgan fingerprint density at radius 2 is 1.96 bits per heavy atom. The van der Waals surface area contributed by atoms with E-state index in [9.17, 15) is 9.90 Å². The Hall–Kier alpha value is -1.98. The molecule has 1 aromatic carbocycles. The summed E-state index contributed by atoms with van der Waals surface area (Å²) in [6.45, 7) is 1.80. The van der Waals surface area contributed by atoms with Crippen LogP contribution in [0.4, 0.5) is 4.79 Å². The third-order valence-electron chi connectivity index (χ3n) is 4.02. The lowest BCUT2D eigenvalue weighted by Gasteiger charge is -2.20. The van der Waals surface area contributed by atoms with Crippen molar-refractivity contribution in [3.05, 3.63) is 58.9 Å². The van der Waals surface area contributed by atoms with Gasteiger partial charge in [0, 0.05) is 30.0 Å². The van der Waals surface area contributed by atoms with E-state index in [-0.39, 0.29) is 18.7 Å². The van der Waals surface area contributed by atoms with Gasteiger partial charge in [-0.25, -0.2) is 4.79 Å². The largest absolute Gasteiger partial charge is 0.394 e. The Morgan fingerprint density at radius 1 is 1.25 bits per heavy atom. The maximum atomic E-state index is 12.1. The number of benzene rings is 1. The van der Waals surface area contributed by atoms with Gasteiger partial charge in [-0.05, 0) is 49.6 Å². The van der Waals surface area contributed by atoms with Crippen molar-refractivity contribution in [2.24, 2.45) is 7.05 Å². The van der Waals surface area contributed by atoms with Gasteiger partial charge in [-0.3, -0.25) is 0 Å². The zero-order chi connectivity index (χ0) is 17.5. The minimum atomic E-state index is -0.456. The number of aryl methyl sites for hydroxylation is 2. The number of aliphatic hydroxyl groups is 1. The molecule has 0 aliphatic rings. The summed E-state index contributed by atoms with van der Waals surface area (Å²) in [5.41, 5.74) is 2.05. The van der Waals surface area contributed by atoms with Crippen molar-refractivity contribution >= 4 is 17.6 Å². The number of amides is 2. The molecule has 0 saturated carbocycles. The molecule has 1 heterocycles. The maximum Gasteiger partial charge on any atom is 0.315 e. The van der Waals surface area contributed by atoms with Gasteiger partial charge in [-0.1, -0.05) is 23.7 Å². The molecule has 0 bridgehead atoms.